The average molecular weight is 721 g/mol. The minimum atomic E-state index is -3.79. The van der Waals surface area contributed by atoms with Gasteiger partial charge in [0.25, 0.3) is 0 Å². The van der Waals surface area contributed by atoms with Gasteiger partial charge in [0.15, 0.2) is 5.82 Å². The Hall–Kier alpha value is -4.48. The lowest BCUT2D eigenvalue weighted by Gasteiger charge is -2.42. The van der Waals surface area contributed by atoms with Crippen molar-refractivity contribution >= 4 is 38.3 Å². The van der Waals surface area contributed by atoms with Crippen LogP contribution in [0.1, 0.15) is 63.4 Å². The molecule has 2 atom stereocenters. The molecule has 8 rings (SSSR count). The van der Waals surface area contributed by atoms with Crippen molar-refractivity contribution in [3.8, 4) is 11.4 Å². The van der Waals surface area contributed by atoms with Gasteiger partial charge < -0.3 is 19.4 Å². The molecule has 4 aliphatic rings. The fourth-order valence-electron chi connectivity index (χ4n) is 8.46. The Morgan fingerprint density at radius 3 is 2.54 bits per heavy atom. The van der Waals surface area contributed by atoms with E-state index >= 15 is 0 Å². The molecule has 2 saturated heterocycles. The predicted octanol–water partition coefficient (Wildman–Crippen LogP) is 6.16. The molecule has 0 N–H and O–H groups in total. The van der Waals surface area contributed by atoms with Crippen LogP contribution in [0.3, 0.4) is 0 Å². The Bertz CT molecular complexity index is 2270. The molecule has 0 spiro atoms. The van der Waals surface area contributed by atoms with E-state index in [0.29, 0.717) is 43.9 Å². The number of carbonyl (C=O) groups is 1. The second-order valence-electron chi connectivity index (χ2n) is 15.7. The first-order valence-electron chi connectivity index (χ1n) is 18.3. The van der Waals surface area contributed by atoms with Crippen LogP contribution in [0.25, 0.3) is 22.3 Å². The molecule has 2 aromatic heterocycles. The molecular formula is C41H48N6O4S. The van der Waals surface area contributed by atoms with E-state index in [2.05, 4.69) is 48.8 Å². The maximum Gasteiger partial charge on any atom is 0.248 e. The van der Waals surface area contributed by atoms with E-state index < -0.39 is 14.8 Å². The van der Waals surface area contributed by atoms with Gasteiger partial charge in [-0.25, -0.2) is 22.4 Å². The topological polar surface area (TPSA) is 101 Å². The quantitative estimate of drug-likeness (QED) is 0.234. The number of ether oxygens (including phenoxy) is 1. The van der Waals surface area contributed by atoms with Gasteiger partial charge in [-0.1, -0.05) is 55.0 Å². The second-order valence-corrected chi connectivity index (χ2v) is 18.0. The number of hydrogen-bond acceptors (Lipinski definition) is 8. The number of nitrogens with zero attached hydrogens (tertiary/aromatic N) is 6. The molecule has 4 aromatic rings. The van der Waals surface area contributed by atoms with Crippen LogP contribution >= 0.6 is 0 Å². The molecule has 52 heavy (non-hydrogen) atoms. The van der Waals surface area contributed by atoms with Crippen LogP contribution in [-0.4, -0.2) is 83.3 Å². The summed E-state index contributed by atoms with van der Waals surface area (Å²) in [6, 6.07) is 14.5. The Morgan fingerprint density at radius 1 is 1.02 bits per heavy atom. The van der Waals surface area contributed by atoms with Crippen molar-refractivity contribution in [3.63, 3.8) is 0 Å². The van der Waals surface area contributed by atoms with Crippen LogP contribution < -0.4 is 9.80 Å². The normalized spacial score (nSPS) is 23.0. The number of piperazine rings is 1. The van der Waals surface area contributed by atoms with Crippen molar-refractivity contribution in [3.05, 3.63) is 94.8 Å². The Morgan fingerprint density at radius 2 is 1.83 bits per heavy atom. The molecule has 3 aliphatic heterocycles. The molecule has 2 aromatic carbocycles. The van der Waals surface area contributed by atoms with Crippen LogP contribution in [0, 0.1) is 6.92 Å². The summed E-state index contributed by atoms with van der Waals surface area (Å²) in [4.78, 5) is 29.7. The first-order valence-corrected chi connectivity index (χ1v) is 19.8. The lowest BCUT2D eigenvalue weighted by molar-refractivity contribution is -0.129. The largest absolute Gasteiger partial charge is 0.379 e. The van der Waals surface area contributed by atoms with Crippen molar-refractivity contribution in [1.29, 1.82) is 0 Å². The molecule has 272 valence electrons. The molecular weight excluding hydrogens is 673 g/mol. The second kappa shape index (κ2) is 12.6. The van der Waals surface area contributed by atoms with Gasteiger partial charge in [-0.3, -0.25) is 4.79 Å². The van der Waals surface area contributed by atoms with Gasteiger partial charge in [-0.2, -0.15) is 0 Å². The molecule has 10 nitrogen and oxygen atoms in total. The summed E-state index contributed by atoms with van der Waals surface area (Å²) < 4.78 is 34.4. The maximum atomic E-state index is 14.2. The summed E-state index contributed by atoms with van der Waals surface area (Å²) in [5.41, 5.74) is 8.34. The lowest BCUT2D eigenvalue weighted by atomic mass is 9.80. The lowest BCUT2D eigenvalue weighted by Crippen LogP contribution is -2.54. The van der Waals surface area contributed by atoms with Crippen LogP contribution in [0.5, 0.6) is 0 Å². The molecule has 1 aliphatic carbocycles. The van der Waals surface area contributed by atoms with Gasteiger partial charge >= 0.3 is 0 Å². The van der Waals surface area contributed by atoms with E-state index in [4.69, 9.17) is 14.7 Å². The van der Waals surface area contributed by atoms with Gasteiger partial charge in [0, 0.05) is 85.9 Å². The van der Waals surface area contributed by atoms with E-state index in [1.165, 1.54) is 20.8 Å². The number of benzene rings is 2. The highest BCUT2D eigenvalue weighted by Crippen LogP contribution is 2.40. The molecule has 11 heteroatoms. The zero-order valence-electron chi connectivity index (χ0n) is 31.0. The van der Waals surface area contributed by atoms with E-state index in [0.717, 1.165) is 59.8 Å². The number of aromatic nitrogens is 3. The number of anilines is 2. The minimum absolute atomic E-state index is 0.0330. The molecule has 5 heterocycles. The van der Waals surface area contributed by atoms with Gasteiger partial charge in [0.1, 0.15) is 10.6 Å². The van der Waals surface area contributed by atoms with Crippen molar-refractivity contribution in [2.24, 2.45) is 0 Å². The van der Waals surface area contributed by atoms with Crippen LogP contribution in [0.4, 0.5) is 11.5 Å². The fraction of sp³-hybridized carbons (Fsp3) is 0.439. The highest BCUT2D eigenvalue weighted by Gasteiger charge is 2.40. The van der Waals surface area contributed by atoms with Gasteiger partial charge in [0.05, 0.1) is 24.4 Å². The third kappa shape index (κ3) is 5.64. The molecule has 1 amide bonds. The van der Waals surface area contributed by atoms with Crippen LogP contribution in [0.15, 0.2) is 72.5 Å². The van der Waals surface area contributed by atoms with Gasteiger partial charge in [-0.15, -0.1) is 0 Å². The van der Waals surface area contributed by atoms with E-state index in [9.17, 15) is 13.2 Å². The summed E-state index contributed by atoms with van der Waals surface area (Å²) in [5, 5.41) is 0.792. The zero-order chi connectivity index (χ0) is 36.6. The Balaban J connectivity index is 1.22. The Labute approximate surface area is 306 Å². The fourth-order valence-corrected chi connectivity index (χ4v) is 10.2. The highest BCUT2D eigenvalue weighted by atomic mass is 32.2. The molecule has 0 bridgehead atoms. The SMILES string of the molecule is CC(=O)N1CCN(c2nc(-c3cccc4c3ccn4S(=O)(=O)C3(C)C=CC=C(C)C3)nc3c2CN(c2cc(C4(C)COC4)ccc2C)CC3)[C@H](C)C1. The average Bonchev–Trinajstić information content (AvgIpc) is 3.55. The molecule has 0 radical (unpaired) electrons. The molecule has 2 fully saturated rings. The molecule has 1 unspecified atom stereocenters. The summed E-state index contributed by atoms with van der Waals surface area (Å²) >= 11 is 0. The smallest absolute Gasteiger partial charge is 0.248 e. The van der Waals surface area contributed by atoms with E-state index in [1.54, 1.807) is 26.1 Å². The highest BCUT2D eigenvalue weighted by molar-refractivity contribution is 7.91. The first kappa shape index (κ1) is 34.6. The third-order valence-electron chi connectivity index (χ3n) is 11.7. The third-order valence-corrected chi connectivity index (χ3v) is 14.0. The summed E-state index contributed by atoms with van der Waals surface area (Å²) in [5.74, 6) is 1.56. The van der Waals surface area contributed by atoms with E-state index in [1.807, 2.05) is 48.2 Å². The predicted molar refractivity (Wildman–Crippen MR) is 206 cm³/mol. The summed E-state index contributed by atoms with van der Waals surface area (Å²) in [6.07, 6.45) is 8.45. The number of allylic oxidation sites excluding steroid dienone is 3. The monoisotopic (exact) mass is 720 g/mol. The Kier molecular flexibility index (Phi) is 8.37. The number of amides is 1. The van der Waals surface area contributed by atoms with Crippen LogP contribution in [0.2, 0.25) is 0 Å². The van der Waals surface area contributed by atoms with E-state index in [-0.39, 0.29) is 17.4 Å². The van der Waals surface area contributed by atoms with Gasteiger partial charge in [0.2, 0.25) is 15.9 Å². The van der Waals surface area contributed by atoms with Crippen molar-refractivity contribution in [1.82, 2.24) is 18.8 Å². The van der Waals surface area contributed by atoms with Crippen molar-refractivity contribution < 1.29 is 17.9 Å². The number of fused-ring (bicyclic) bond motifs is 2. The number of aryl methyl sites for hydroxylation is 1. The summed E-state index contributed by atoms with van der Waals surface area (Å²) in [6.45, 7) is 16.8. The van der Waals surface area contributed by atoms with Gasteiger partial charge in [-0.05, 0) is 63.4 Å². The maximum absolute atomic E-state index is 14.2. The number of rotatable bonds is 6. The standard InChI is InChI=1S/C41H48N6O4S/c1-27-9-8-16-41(6,22-27)52(49,50)47-18-14-32-33(10-7-11-36(32)47)38-42-35-15-17-45(37-21-31(13-12-28(37)2)40(5)25-51-26-40)24-34(35)39(43-38)46-20-19-44(30(4)48)23-29(46)3/h7-14,16,18,21,29H,15,17,19-20,22-26H2,1-6H3/t29-,41?/m1/s1. The van der Waals surface area contributed by atoms with Crippen molar-refractivity contribution in [2.45, 2.75) is 77.1 Å². The minimum Gasteiger partial charge on any atom is -0.379 e. The number of carbonyl (C=O) groups excluding carboxylic acids is 1. The number of hydrogen-bond donors (Lipinski definition) is 0. The molecule has 0 saturated carbocycles. The van der Waals surface area contributed by atoms with Crippen LogP contribution in [-0.2, 0) is 37.9 Å². The first-order chi connectivity index (χ1) is 24.8. The summed E-state index contributed by atoms with van der Waals surface area (Å²) in [7, 11) is -3.79. The van der Waals surface area contributed by atoms with Crippen molar-refractivity contribution in [2.75, 3.05) is 49.2 Å². The zero-order valence-corrected chi connectivity index (χ0v) is 31.8.